The van der Waals surface area contributed by atoms with Crippen LogP contribution in [0.2, 0.25) is 0 Å². The zero-order valence-electron chi connectivity index (χ0n) is 16.9. The normalized spacial score (nSPS) is 11.8. The number of rotatable bonds is 5. The molecule has 0 radical (unpaired) electrons. The first-order chi connectivity index (χ1) is 15.8. The maximum Gasteiger partial charge on any atom is 0.149 e. The Morgan fingerprint density at radius 1 is 0.844 bits per heavy atom. The Morgan fingerprint density at radius 3 is 2.31 bits per heavy atom. The number of furan rings is 1. The average Bonchev–Trinajstić information content (AvgIpc) is 3.49. The number of para-hydroxylation sites is 2. The van der Waals surface area contributed by atoms with Crippen molar-refractivity contribution in [3.8, 4) is 17.4 Å². The SMILES string of the molecule is N#C/C(=C/c1ccc(-c2ccc(N=Nc3ccccc3)cc2)o1)c1nc2ccccc2[nH]1. The lowest BCUT2D eigenvalue weighted by molar-refractivity contribution is 0.572. The van der Waals surface area contributed by atoms with Crippen LogP contribution in [0.15, 0.2) is 106 Å². The van der Waals surface area contributed by atoms with Gasteiger partial charge in [-0.05, 0) is 60.7 Å². The first kappa shape index (κ1) is 19.2. The highest BCUT2D eigenvalue weighted by Gasteiger charge is 2.10. The van der Waals surface area contributed by atoms with E-state index in [1.54, 1.807) is 6.08 Å². The van der Waals surface area contributed by atoms with Crippen LogP contribution in [-0.4, -0.2) is 9.97 Å². The lowest BCUT2D eigenvalue weighted by Gasteiger charge is -1.98. The topological polar surface area (TPSA) is 90.3 Å². The molecule has 5 aromatic rings. The number of nitrogens with zero attached hydrogens (tertiary/aromatic N) is 4. The summed E-state index contributed by atoms with van der Waals surface area (Å²) in [7, 11) is 0. The fourth-order valence-electron chi connectivity index (χ4n) is 3.26. The van der Waals surface area contributed by atoms with Crippen molar-refractivity contribution < 1.29 is 4.42 Å². The van der Waals surface area contributed by atoms with Crippen LogP contribution in [0.3, 0.4) is 0 Å². The van der Waals surface area contributed by atoms with Gasteiger partial charge < -0.3 is 9.40 Å². The number of azo groups is 1. The standard InChI is InChI=1S/C26H17N5O/c27-17-19(26-28-23-8-4-5-9-24(23)29-26)16-22-14-15-25(32-22)18-10-12-21(13-11-18)31-30-20-6-2-1-3-7-20/h1-16H,(H,28,29)/b19-16-,31-30?. The van der Waals surface area contributed by atoms with Crippen LogP contribution < -0.4 is 0 Å². The third kappa shape index (κ3) is 4.09. The fraction of sp³-hybridized carbons (Fsp3) is 0. The van der Waals surface area contributed by atoms with E-state index in [4.69, 9.17) is 4.42 Å². The summed E-state index contributed by atoms with van der Waals surface area (Å²) in [5.41, 5.74) is 4.56. The molecule has 152 valence electrons. The van der Waals surface area contributed by atoms with Crippen molar-refractivity contribution in [2.75, 3.05) is 0 Å². The van der Waals surface area contributed by atoms with Crippen LogP contribution >= 0.6 is 0 Å². The molecule has 0 aliphatic carbocycles. The van der Waals surface area contributed by atoms with Crippen LogP contribution in [-0.2, 0) is 0 Å². The zero-order chi connectivity index (χ0) is 21.8. The number of imidazole rings is 1. The van der Waals surface area contributed by atoms with Crippen LogP contribution in [0, 0.1) is 11.3 Å². The predicted molar refractivity (Wildman–Crippen MR) is 124 cm³/mol. The average molecular weight is 415 g/mol. The molecule has 0 fully saturated rings. The minimum Gasteiger partial charge on any atom is -0.457 e. The molecule has 0 aliphatic rings. The number of fused-ring (bicyclic) bond motifs is 1. The zero-order valence-corrected chi connectivity index (χ0v) is 16.9. The molecule has 0 saturated heterocycles. The second-order valence-electron chi connectivity index (χ2n) is 7.06. The van der Waals surface area contributed by atoms with Crippen molar-refractivity contribution in [2.45, 2.75) is 0 Å². The van der Waals surface area contributed by atoms with Gasteiger partial charge in [0.1, 0.15) is 23.4 Å². The Hall–Kier alpha value is -4.76. The molecule has 0 atom stereocenters. The lowest BCUT2D eigenvalue weighted by Crippen LogP contribution is -1.84. The summed E-state index contributed by atoms with van der Waals surface area (Å²) in [4.78, 5) is 7.66. The van der Waals surface area contributed by atoms with Gasteiger partial charge in [0.15, 0.2) is 0 Å². The number of aromatic nitrogens is 2. The van der Waals surface area contributed by atoms with E-state index in [-0.39, 0.29) is 0 Å². The molecule has 6 heteroatoms. The fourth-order valence-corrected chi connectivity index (χ4v) is 3.26. The van der Waals surface area contributed by atoms with Gasteiger partial charge in [0.05, 0.1) is 28.0 Å². The van der Waals surface area contributed by atoms with E-state index in [2.05, 4.69) is 26.3 Å². The van der Waals surface area contributed by atoms with Crippen molar-refractivity contribution in [3.63, 3.8) is 0 Å². The van der Waals surface area contributed by atoms with Gasteiger partial charge in [-0.1, -0.05) is 30.3 Å². The number of allylic oxidation sites excluding steroid dienone is 1. The van der Waals surface area contributed by atoms with E-state index in [1.165, 1.54) is 0 Å². The van der Waals surface area contributed by atoms with Crippen LogP contribution in [0.25, 0.3) is 34.0 Å². The summed E-state index contributed by atoms with van der Waals surface area (Å²) >= 11 is 0. The van der Waals surface area contributed by atoms with E-state index >= 15 is 0 Å². The summed E-state index contributed by atoms with van der Waals surface area (Å²) in [5.74, 6) is 1.79. The van der Waals surface area contributed by atoms with E-state index in [0.29, 0.717) is 22.9 Å². The Bertz CT molecular complexity index is 1440. The molecule has 32 heavy (non-hydrogen) atoms. The second kappa shape index (κ2) is 8.54. The number of hydrogen-bond acceptors (Lipinski definition) is 5. The Morgan fingerprint density at radius 2 is 1.56 bits per heavy atom. The minimum atomic E-state index is 0.402. The summed E-state index contributed by atoms with van der Waals surface area (Å²) in [6, 6.07) is 30.8. The summed E-state index contributed by atoms with van der Waals surface area (Å²) in [6.45, 7) is 0. The molecular formula is C26H17N5O. The highest BCUT2D eigenvalue weighted by atomic mass is 16.3. The molecule has 5 rings (SSSR count). The van der Waals surface area contributed by atoms with E-state index in [9.17, 15) is 5.26 Å². The van der Waals surface area contributed by atoms with Crippen molar-refractivity contribution >= 4 is 34.1 Å². The van der Waals surface area contributed by atoms with Gasteiger partial charge in [0.2, 0.25) is 0 Å². The smallest absolute Gasteiger partial charge is 0.149 e. The van der Waals surface area contributed by atoms with Crippen molar-refractivity contribution in [2.24, 2.45) is 10.2 Å². The van der Waals surface area contributed by atoms with Gasteiger partial charge in [-0.15, -0.1) is 0 Å². The van der Waals surface area contributed by atoms with E-state index in [1.807, 2.05) is 91.0 Å². The molecule has 3 aromatic carbocycles. The molecule has 1 N–H and O–H groups in total. The third-order valence-electron chi connectivity index (χ3n) is 4.87. The number of benzene rings is 3. The largest absolute Gasteiger partial charge is 0.457 e. The first-order valence-corrected chi connectivity index (χ1v) is 10.0. The van der Waals surface area contributed by atoms with Gasteiger partial charge in [0.25, 0.3) is 0 Å². The maximum absolute atomic E-state index is 9.61. The summed E-state index contributed by atoms with van der Waals surface area (Å²) < 4.78 is 5.94. The van der Waals surface area contributed by atoms with Crippen molar-refractivity contribution in [1.82, 2.24) is 9.97 Å². The lowest BCUT2D eigenvalue weighted by atomic mass is 10.1. The van der Waals surface area contributed by atoms with Crippen LogP contribution in [0.5, 0.6) is 0 Å². The number of hydrogen-bond donors (Lipinski definition) is 1. The van der Waals surface area contributed by atoms with Crippen LogP contribution in [0.4, 0.5) is 11.4 Å². The van der Waals surface area contributed by atoms with Crippen LogP contribution in [0.1, 0.15) is 11.6 Å². The Kier molecular flexibility index (Phi) is 5.13. The van der Waals surface area contributed by atoms with Crippen molar-refractivity contribution in [1.29, 1.82) is 5.26 Å². The number of H-pyrrole nitrogens is 1. The predicted octanol–water partition coefficient (Wildman–Crippen LogP) is 7.30. The molecule has 0 aliphatic heterocycles. The maximum atomic E-state index is 9.61. The highest BCUT2D eigenvalue weighted by Crippen LogP contribution is 2.27. The summed E-state index contributed by atoms with van der Waals surface area (Å²) in [5, 5.41) is 18.1. The quantitative estimate of drug-likeness (QED) is 0.241. The Labute approximate surface area is 184 Å². The number of nitriles is 1. The Balaban J connectivity index is 1.36. The molecular weight excluding hydrogens is 398 g/mol. The van der Waals surface area contributed by atoms with Gasteiger partial charge in [-0.25, -0.2) is 4.98 Å². The molecule has 2 aromatic heterocycles. The van der Waals surface area contributed by atoms with Gasteiger partial charge >= 0.3 is 0 Å². The highest BCUT2D eigenvalue weighted by molar-refractivity contribution is 5.89. The third-order valence-corrected chi connectivity index (χ3v) is 4.87. The molecule has 0 saturated carbocycles. The molecule has 0 spiro atoms. The summed E-state index contributed by atoms with van der Waals surface area (Å²) in [6.07, 6.45) is 1.68. The second-order valence-corrected chi connectivity index (χ2v) is 7.06. The molecule has 2 heterocycles. The van der Waals surface area contributed by atoms with Gasteiger partial charge in [0, 0.05) is 11.6 Å². The first-order valence-electron chi connectivity index (χ1n) is 10.0. The molecule has 6 nitrogen and oxygen atoms in total. The number of aromatic amines is 1. The molecule has 0 bridgehead atoms. The minimum absolute atomic E-state index is 0.402. The van der Waals surface area contributed by atoms with Gasteiger partial charge in [-0.2, -0.15) is 15.5 Å². The van der Waals surface area contributed by atoms with E-state index in [0.717, 1.165) is 28.0 Å². The van der Waals surface area contributed by atoms with Gasteiger partial charge in [-0.3, -0.25) is 0 Å². The molecule has 0 amide bonds. The monoisotopic (exact) mass is 415 g/mol. The molecule has 0 unspecified atom stereocenters. The number of nitrogens with one attached hydrogen (secondary N) is 1. The van der Waals surface area contributed by atoms with Crippen molar-refractivity contribution in [3.05, 3.63) is 103 Å². The van der Waals surface area contributed by atoms with E-state index < -0.39 is 0 Å².